The first-order valence-corrected chi connectivity index (χ1v) is 8.41. The monoisotopic (exact) mass is 348 g/mol. The summed E-state index contributed by atoms with van der Waals surface area (Å²) in [6.45, 7) is 5.28. The van der Waals surface area contributed by atoms with Crippen LogP contribution >= 0.6 is 0 Å². The fraction of sp³-hybridized carbons (Fsp3) is 0.500. The average Bonchev–Trinajstić information content (AvgIpc) is 3.03. The Morgan fingerprint density at radius 3 is 2.56 bits per heavy atom. The van der Waals surface area contributed by atoms with Gasteiger partial charge in [-0.1, -0.05) is 18.2 Å². The van der Waals surface area contributed by atoms with Gasteiger partial charge in [0.2, 0.25) is 11.8 Å². The molecule has 134 valence electrons. The van der Waals surface area contributed by atoms with Gasteiger partial charge < -0.3 is 4.74 Å². The van der Waals surface area contributed by atoms with Crippen molar-refractivity contribution in [1.29, 1.82) is 0 Å². The molecule has 25 heavy (non-hydrogen) atoms. The van der Waals surface area contributed by atoms with Gasteiger partial charge in [-0.2, -0.15) is 0 Å². The summed E-state index contributed by atoms with van der Waals surface area (Å²) in [4.78, 5) is 39.3. The van der Waals surface area contributed by atoms with Crippen molar-refractivity contribution in [3.05, 3.63) is 35.6 Å². The second-order valence-electron chi connectivity index (χ2n) is 6.49. The lowest BCUT2D eigenvalue weighted by Crippen LogP contribution is -2.54. The number of benzene rings is 1. The molecular weight excluding hydrogens is 327 g/mol. The van der Waals surface area contributed by atoms with Gasteiger partial charge in [0.25, 0.3) is 0 Å². The van der Waals surface area contributed by atoms with Gasteiger partial charge in [-0.05, 0) is 26.8 Å². The summed E-state index contributed by atoms with van der Waals surface area (Å²) in [5.41, 5.74) is -1.12. The topological polar surface area (TPSA) is 75.7 Å². The van der Waals surface area contributed by atoms with Crippen LogP contribution in [0, 0.1) is 17.7 Å². The van der Waals surface area contributed by atoms with Crippen LogP contribution in [-0.2, 0) is 19.1 Å². The highest BCUT2D eigenvalue weighted by Crippen LogP contribution is 2.49. The van der Waals surface area contributed by atoms with E-state index < -0.39 is 41.1 Å². The van der Waals surface area contributed by atoms with E-state index in [1.807, 2.05) is 0 Å². The first kappa shape index (κ1) is 17.5. The van der Waals surface area contributed by atoms with E-state index in [2.05, 4.69) is 5.32 Å². The number of hydrogen-bond donors (Lipinski definition) is 1. The summed E-state index contributed by atoms with van der Waals surface area (Å²) < 4.78 is 19.5. The number of nitrogens with zero attached hydrogens (tertiary/aromatic N) is 1. The van der Waals surface area contributed by atoms with Crippen molar-refractivity contribution in [2.75, 3.05) is 13.2 Å². The minimum Gasteiger partial charge on any atom is -0.465 e. The van der Waals surface area contributed by atoms with Crippen LogP contribution in [0.4, 0.5) is 4.39 Å². The molecule has 0 aliphatic carbocycles. The number of likely N-dealkylation sites (tertiary alicyclic amines) is 1. The van der Waals surface area contributed by atoms with Gasteiger partial charge in [0.15, 0.2) is 0 Å². The third kappa shape index (κ3) is 2.45. The Hall–Kier alpha value is -2.28. The molecule has 0 bridgehead atoms. The van der Waals surface area contributed by atoms with E-state index in [-0.39, 0.29) is 24.6 Å². The highest BCUT2D eigenvalue weighted by Gasteiger charge is 2.66. The van der Waals surface area contributed by atoms with Crippen molar-refractivity contribution in [3.63, 3.8) is 0 Å². The highest BCUT2D eigenvalue weighted by molar-refractivity contribution is 6.09. The van der Waals surface area contributed by atoms with Crippen LogP contribution in [0.1, 0.15) is 32.4 Å². The molecule has 1 aromatic rings. The van der Waals surface area contributed by atoms with Crippen molar-refractivity contribution in [2.24, 2.45) is 11.8 Å². The predicted octanol–water partition coefficient (Wildman–Crippen LogP) is 1.41. The van der Waals surface area contributed by atoms with E-state index >= 15 is 0 Å². The van der Waals surface area contributed by atoms with E-state index in [1.54, 1.807) is 39.0 Å². The summed E-state index contributed by atoms with van der Waals surface area (Å²) in [6, 6.07) is 5.30. The van der Waals surface area contributed by atoms with Crippen molar-refractivity contribution in [3.8, 4) is 0 Å². The molecule has 0 aromatic heterocycles. The molecule has 0 saturated carbocycles. The molecule has 2 amide bonds. The number of carbonyl (C=O) groups is 3. The average molecular weight is 348 g/mol. The zero-order chi connectivity index (χ0) is 18.4. The molecule has 2 aliphatic heterocycles. The van der Waals surface area contributed by atoms with Crippen LogP contribution < -0.4 is 5.32 Å². The lowest BCUT2D eigenvalue weighted by Gasteiger charge is -2.28. The fourth-order valence-corrected chi connectivity index (χ4v) is 3.97. The molecule has 2 fully saturated rings. The van der Waals surface area contributed by atoms with Crippen molar-refractivity contribution in [1.82, 2.24) is 10.2 Å². The van der Waals surface area contributed by atoms with Crippen LogP contribution in [0.3, 0.4) is 0 Å². The molecule has 2 saturated heterocycles. The molecule has 0 spiro atoms. The summed E-state index contributed by atoms with van der Waals surface area (Å²) in [7, 11) is 0. The summed E-state index contributed by atoms with van der Waals surface area (Å²) in [6.07, 6.45) is 0. The van der Waals surface area contributed by atoms with Crippen molar-refractivity contribution < 1.29 is 23.5 Å². The van der Waals surface area contributed by atoms with E-state index in [1.165, 1.54) is 6.07 Å². The molecule has 2 aliphatic rings. The molecule has 1 aromatic carbocycles. The minimum atomic E-state index is -1.38. The van der Waals surface area contributed by atoms with Crippen molar-refractivity contribution >= 4 is 17.8 Å². The number of nitrogens with one attached hydrogen (secondary N) is 1. The standard InChI is InChI=1S/C18H21FN2O4/c1-4-21-15(22)12-13(16(21)23)18(3,17(24)25-5-2)20-14(12)10-8-6-7-9-11(10)19/h6-9,12-14,20H,4-5H2,1-3H3/t12-,13+,14-,18-/m1/s1. The van der Waals surface area contributed by atoms with E-state index in [4.69, 9.17) is 4.74 Å². The number of ether oxygens (including phenoxy) is 1. The SMILES string of the molecule is CCOC(=O)[C@]1(C)N[C@H](c2ccccc2F)[C@@H]2C(=O)N(CC)C(=O)[C@H]21. The normalized spacial score (nSPS) is 31.4. The number of carbonyl (C=O) groups excluding carboxylic acids is 3. The predicted molar refractivity (Wildman–Crippen MR) is 86.7 cm³/mol. The van der Waals surface area contributed by atoms with Crippen LogP contribution in [0.2, 0.25) is 0 Å². The first-order chi connectivity index (χ1) is 11.9. The number of amides is 2. The molecule has 0 radical (unpaired) electrons. The second kappa shape index (κ2) is 6.22. The first-order valence-electron chi connectivity index (χ1n) is 8.41. The summed E-state index contributed by atoms with van der Waals surface area (Å²) in [5, 5.41) is 3.03. The van der Waals surface area contributed by atoms with Crippen LogP contribution in [0.5, 0.6) is 0 Å². The smallest absolute Gasteiger partial charge is 0.326 e. The number of rotatable bonds is 4. The molecule has 4 atom stereocenters. The number of halogens is 1. The maximum atomic E-state index is 14.3. The number of hydrogen-bond acceptors (Lipinski definition) is 5. The third-order valence-corrected chi connectivity index (χ3v) is 5.13. The van der Waals surface area contributed by atoms with E-state index in [0.29, 0.717) is 0 Å². The summed E-state index contributed by atoms with van der Waals surface area (Å²) >= 11 is 0. The van der Waals surface area contributed by atoms with Gasteiger partial charge in [0.1, 0.15) is 11.4 Å². The number of fused-ring (bicyclic) bond motifs is 1. The molecular formula is C18H21FN2O4. The Kier molecular flexibility index (Phi) is 4.36. The lowest BCUT2D eigenvalue weighted by atomic mass is 9.80. The van der Waals surface area contributed by atoms with Gasteiger partial charge in [0, 0.05) is 18.2 Å². The third-order valence-electron chi connectivity index (χ3n) is 5.13. The molecule has 0 unspecified atom stereocenters. The number of imide groups is 1. The Morgan fingerprint density at radius 2 is 1.96 bits per heavy atom. The maximum Gasteiger partial charge on any atom is 0.326 e. The molecule has 7 heteroatoms. The maximum absolute atomic E-state index is 14.3. The van der Waals surface area contributed by atoms with Gasteiger partial charge in [-0.25, -0.2) is 4.39 Å². The Bertz CT molecular complexity index is 738. The van der Waals surface area contributed by atoms with Crippen LogP contribution in [-0.4, -0.2) is 41.4 Å². The van der Waals surface area contributed by atoms with E-state index in [0.717, 1.165) is 4.90 Å². The van der Waals surface area contributed by atoms with Gasteiger partial charge in [0.05, 0.1) is 18.4 Å². The lowest BCUT2D eigenvalue weighted by molar-refractivity contribution is -0.155. The Balaban J connectivity index is 2.11. The number of esters is 1. The largest absolute Gasteiger partial charge is 0.465 e. The molecule has 1 N–H and O–H groups in total. The molecule has 2 heterocycles. The minimum absolute atomic E-state index is 0.150. The Labute approximate surface area is 145 Å². The molecule has 6 nitrogen and oxygen atoms in total. The van der Waals surface area contributed by atoms with Crippen molar-refractivity contribution in [2.45, 2.75) is 32.4 Å². The second-order valence-corrected chi connectivity index (χ2v) is 6.49. The van der Waals surface area contributed by atoms with Gasteiger partial charge in [-0.3, -0.25) is 24.6 Å². The quantitative estimate of drug-likeness (QED) is 0.658. The molecule has 3 rings (SSSR count). The van der Waals surface area contributed by atoms with Gasteiger partial charge in [-0.15, -0.1) is 0 Å². The van der Waals surface area contributed by atoms with Crippen LogP contribution in [0.25, 0.3) is 0 Å². The Morgan fingerprint density at radius 1 is 1.28 bits per heavy atom. The zero-order valence-corrected chi connectivity index (χ0v) is 14.4. The highest BCUT2D eigenvalue weighted by atomic mass is 19.1. The summed E-state index contributed by atoms with van der Waals surface area (Å²) in [5.74, 6) is -3.64. The van der Waals surface area contributed by atoms with E-state index in [9.17, 15) is 18.8 Å². The zero-order valence-electron chi connectivity index (χ0n) is 14.4. The fourth-order valence-electron chi connectivity index (χ4n) is 3.97. The van der Waals surface area contributed by atoms with Gasteiger partial charge >= 0.3 is 5.97 Å². The van der Waals surface area contributed by atoms with Crippen LogP contribution in [0.15, 0.2) is 24.3 Å².